The van der Waals surface area contributed by atoms with Crippen LogP contribution < -0.4 is 0 Å². The molecule has 0 N–H and O–H groups in total. The summed E-state index contributed by atoms with van der Waals surface area (Å²) in [7, 11) is 0. The predicted molar refractivity (Wildman–Crippen MR) is 49.0 cm³/mol. The van der Waals surface area contributed by atoms with Crippen molar-refractivity contribution in [1.29, 1.82) is 0 Å². The SMILES string of the molecule is O=C(F)C(F)(OC(F)(F)C(F)(F)C(F)(F)OC(F)(C(=O)F)C(F)(F)F)C(F)(F)F. The van der Waals surface area contributed by atoms with Crippen LogP contribution in [-0.4, -0.2) is 54.3 Å². The summed E-state index contributed by atoms with van der Waals surface area (Å²) >= 11 is 0. The van der Waals surface area contributed by atoms with Gasteiger partial charge in [-0.25, -0.2) is 0 Å². The quantitative estimate of drug-likeness (QED) is 0.388. The summed E-state index contributed by atoms with van der Waals surface area (Å²) in [5, 5.41) is 0. The van der Waals surface area contributed by atoms with Crippen molar-refractivity contribution in [3.8, 4) is 0 Å². The van der Waals surface area contributed by atoms with Crippen LogP contribution in [0.3, 0.4) is 0 Å². The Morgan fingerprint density at radius 2 is 0.690 bits per heavy atom. The number of hydrogen-bond acceptors (Lipinski definition) is 4. The largest absolute Gasteiger partial charge is 0.459 e. The first-order valence-corrected chi connectivity index (χ1v) is 5.75. The highest BCUT2D eigenvalue weighted by Gasteiger charge is 2.83. The molecule has 0 fully saturated rings. The van der Waals surface area contributed by atoms with Crippen LogP contribution in [-0.2, 0) is 19.1 Å². The zero-order valence-electron chi connectivity index (χ0n) is 12.2. The molecule has 20 heteroatoms. The molecule has 0 saturated carbocycles. The van der Waals surface area contributed by atoms with E-state index in [1.807, 2.05) is 0 Å². The first-order chi connectivity index (χ1) is 12.3. The average molecular weight is 476 g/mol. The van der Waals surface area contributed by atoms with Gasteiger partial charge in [0.1, 0.15) is 0 Å². The molecule has 29 heavy (non-hydrogen) atoms. The fourth-order valence-electron chi connectivity index (χ4n) is 1.07. The Bertz CT molecular complexity index is 598. The molecule has 0 amide bonds. The number of rotatable bonds is 8. The van der Waals surface area contributed by atoms with Gasteiger partial charge in [0.25, 0.3) is 0 Å². The number of halogens is 16. The van der Waals surface area contributed by atoms with Crippen LogP contribution in [0.1, 0.15) is 0 Å². The molecule has 0 radical (unpaired) electrons. The zero-order valence-corrected chi connectivity index (χ0v) is 12.2. The predicted octanol–water partition coefficient (Wildman–Crippen LogP) is 4.29. The normalized spacial score (nSPS) is 18.8. The van der Waals surface area contributed by atoms with E-state index in [-0.39, 0.29) is 0 Å². The van der Waals surface area contributed by atoms with Crippen molar-refractivity contribution < 1.29 is 89.3 Å². The van der Waals surface area contributed by atoms with E-state index in [2.05, 4.69) is 0 Å². The van der Waals surface area contributed by atoms with E-state index in [1.165, 1.54) is 9.47 Å². The lowest BCUT2D eigenvalue weighted by Gasteiger charge is -2.36. The molecular formula is C9F16O4. The summed E-state index contributed by atoms with van der Waals surface area (Å²) in [4.78, 5) is 19.7. The topological polar surface area (TPSA) is 52.6 Å². The third-order valence-electron chi connectivity index (χ3n) is 2.50. The molecule has 0 aromatic carbocycles. The molecule has 0 bridgehead atoms. The van der Waals surface area contributed by atoms with Crippen molar-refractivity contribution in [3.63, 3.8) is 0 Å². The maximum Gasteiger partial charge on any atom is 0.459 e. The van der Waals surface area contributed by atoms with Crippen molar-refractivity contribution in [1.82, 2.24) is 0 Å². The Balaban J connectivity index is 6.31. The van der Waals surface area contributed by atoms with Crippen molar-refractivity contribution >= 4 is 12.1 Å². The molecule has 172 valence electrons. The molecule has 0 aliphatic rings. The fourth-order valence-corrected chi connectivity index (χ4v) is 1.07. The lowest BCUT2D eigenvalue weighted by molar-refractivity contribution is -0.510. The second-order valence-corrected chi connectivity index (χ2v) is 4.55. The van der Waals surface area contributed by atoms with Gasteiger partial charge in [0.2, 0.25) is 0 Å². The Labute approximate surface area is 145 Å². The van der Waals surface area contributed by atoms with E-state index in [0.29, 0.717) is 0 Å². The van der Waals surface area contributed by atoms with Gasteiger partial charge in [-0.05, 0) is 0 Å². The first kappa shape index (κ1) is 27.1. The van der Waals surface area contributed by atoms with E-state index < -0.39 is 54.3 Å². The molecule has 0 rings (SSSR count). The number of ether oxygens (including phenoxy) is 2. The molecule has 0 heterocycles. The standard InChI is InChI=1S/C9F16O4/c10-1(26)3(12,6(16,17)18)28-8(22,23)5(14,15)9(24,25)29-4(13,2(11)27)7(19,20)21. The molecule has 0 aliphatic carbocycles. The van der Waals surface area contributed by atoms with E-state index in [4.69, 9.17) is 0 Å². The molecule has 2 unspecified atom stereocenters. The van der Waals surface area contributed by atoms with Crippen molar-refractivity contribution in [3.05, 3.63) is 0 Å². The summed E-state index contributed by atoms with van der Waals surface area (Å²) in [6.07, 6.45) is -30.2. The van der Waals surface area contributed by atoms with Gasteiger partial charge in [0.05, 0.1) is 0 Å². The Kier molecular flexibility index (Phi) is 6.67. The number of hydrogen-bond donors (Lipinski definition) is 0. The summed E-state index contributed by atoms with van der Waals surface area (Å²) in [5.41, 5.74) is 0. The Morgan fingerprint density at radius 3 is 0.828 bits per heavy atom. The molecule has 0 saturated heterocycles. The third kappa shape index (κ3) is 4.51. The number of carbonyl (C=O) groups is 2. The van der Waals surface area contributed by atoms with Crippen molar-refractivity contribution in [2.24, 2.45) is 0 Å². The molecule has 4 nitrogen and oxygen atoms in total. The van der Waals surface area contributed by atoms with Gasteiger partial charge < -0.3 is 0 Å². The van der Waals surface area contributed by atoms with Crippen molar-refractivity contribution in [2.45, 2.75) is 42.2 Å². The molecule has 0 aliphatic heterocycles. The van der Waals surface area contributed by atoms with E-state index in [0.717, 1.165) is 0 Å². The van der Waals surface area contributed by atoms with E-state index in [9.17, 15) is 79.8 Å². The Morgan fingerprint density at radius 1 is 0.483 bits per heavy atom. The van der Waals surface area contributed by atoms with Gasteiger partial charge in [0, 0.05) is 0 Å². The zero-order chi connectivity index (χ0) is 24.1. The smallest absolute Gasteiger partial charge is 0.261 e. The Hall–Kier alpha value is -1.86. The lowest BCUT2D eigenvalue weighted by atomic mass is 10.2. The molecular weight excluding hydrogens is 476 g/mol. The summed E-state index contributed by atoms with van der Waals surface area (Å²) < 4.78 is 203. The molecule has 0 aromatic rings. The van der Waals surface area contributed by atoms with Crippen molar-refractivity contribution in [2.75, 3.05) is 0 Å². The summed E-state index contributed by atoms with van der Waals surface area (Å²) in [5.74, 6) is -22.2. The maximum atomic E-state index is 13.1. The van der Waals surface area contributed by atoms with Crippen LogP contribution in [0.5, 0.6) is 0 Å². The minimum absolute atomic E-state index is 1.42. The first-order valence-electron chi connectivity index (χ1n) is 5.75. The van der Waals surface area contributed by atoms with Gasteiger partial charge in [-0.15, -0.1) is 0 Å². The van der Waals surface area contributed by atoms with Gasteiger partial charge >= 0.3 is 54.3 Å². The molecule has 2 atom stereocenters. The average Bonchev–Trinajstić information content (AvgIpc) is 2.42. The highest BCUT2D eigenvalue weighted by atomic mass is 19.4. The minimum Gasteiger partial charge on any atom is -0.261 e. The van der Waals surface area contributed by atoms with E-state index in [1.54, 1.807) is 0 Å². The highest BCUT2D eigenvalue weighted by molar-refractivity contribution is 5.78. The van der Waals surface area contributed by atoms with Crippen LogP contribution in [0, 0.1) is 0 Å². The van der Waals surface area contributed by atoms with Gasteiger partial charge in [-0.1, -0.05) is 0 Å². The van der Waals surface area contributed by atoms with Gasteiger partial charge in [0.15, 0.2) is 0 Å². The molecule has 0 spiro atoms. The number of carbonyl (C=O) groups excluding carboxylic acids is 2. The highest BCUT2D eigenvalue weighted by Crippen LogP contribution is 2.53. The molecule has 0 aromatic heterocycles. The summed E-state index contributed by atoms with van der Waals surface area (Å²) in [6.45, 7) is 0. The third-order valence-corrected chi connectivity index (χ3v) is 2.50. The number of alkyl halides is 14. The van der Waals surface area contributed by atoms with E-state index >= 15 is 0 Å². The summed E-state index contributed by atoms with van der Waals surface area (Å²) in [6, 6.07) is -9.34. The van der Waals surface area contributed by atoms with Crippen LogP contribution in [0.4, 0.5) is 70.2 Å². The lowest BCUT2D eigenvalue weighted by Crippen LogP contribution is -2.65. The van der Waals surface area contributed by atoms with Gasteiger partial charge in [-0.2, -0.15) is 70.2 Å². The van der Waals surface area contributed by atoms with Gasteiger partial charge in [-0.3, -0.25) is 19.1 Å². The fraction of sp³-hybridized carbons (Fsp3) is 0.778. The second-order valence-electron chi connectivity index (χ2n) is 4.55. The maximum absolute atomic E-state index is 13.1. The van der Waals surface area contributed by atoms with Crippen LogP contribution in [0.15, 0.2) is 0 Å². The minimum atomic E-state index is -8.02. The van der Waals surface area contributed by atoms with Crippen LogP contribution >= 0.6 is 0 Å². The monoisotopic (exact) mass is 476 g/mol. The second kappa shape index (κ2) is 7.13. The van der Waals surface area contributed by atoms with Crippen LogP contribution in [0.25, 0.3) is 0 Å². The van der Waals surface area contributed by atoms with Crippen LogP contribution in [0.2, 0.25) is 0 Å².